The highest BCUT2D eigenvalue weighted by Gasteiger charge is 2.26. The Morgan fingerprint density at radius 2 is 2.13 bits per heavy atom. The second-order valence-corrected chi connectivity index (χ2v) is 7.96. The number of benzene rings is 1. The number of hydrogen-bond donors (Lipinski definition) is 1. The molecule has 2 aromatic heterocycles. The Kier molecular flexibility index (Phi) is 5.53. The van der Waals surface area contributed by atoms with Gasteiger partial charge in [0, 0.05) is 31.2 Å². The third kappa shape index (κ3) is 3.57. The molecule has 0 spiro atoms. The van der Waals surface area contributed by atoms with E-state index in [1.165, 1.54) is 11.7 Å². The Labute approximate surface area is 178 Å². The highest BCUT2D eigenvalue weighted by atomic mass is 35.5. The van der Waals surface area contributed by atoms with Crippen LogP contribution in [-0.4, -0.2) is 46.3 Å². The summed E-state index contributed by atoms with van der Waals surface area (Å²) in [6.07, 6.45) is 1.90. The molecule has 4 rings (SSSR count). The van der Waals surface area contributed by atoms with Gasteiger partial charge in [0.25, 0.3) is 5.56 Å². The molecule has 9 heteroatoms. The number of imidazole rings is 1. The van der Waals surface area contributed by atoms with E-state index in [0.717, 1.165) is 24.9 Å². The van der Waals surface area contributed by atoms with Crippen LogP contribution in [0, 0.1) is 0 Å². The Morgan fingerprint density at radius 1 is 1.37 bits per heavy atom. The molecule has 2 N–H and O–H groups in total. The molecular formula is C21H24ClN5O3. The minimum Gasteiger partial charge on any atom is -0.464 e. The molecule has 0 saturated carbocycles. The van der Waals surface area contributed by atoms with E-state index < -0.39 is 5.97 Å². The molecule has 3 heterocycles. The minimum absolute atomic E-state index is 0.0424. The van der Waals surface area contributed by atoms with Crippen molar-refractivity contribution in [1.29, 1.82) is 0 Å². The van der Waals surface area contributed by atoms with Crippen LogP contribution in [-0.2, 0) is 18.3 Å². The normalized spacial score (nSPS) is 16.8. The molecule has 1 aliphatic heterocycles. The monoisotopic (exact) mass is 429 g/mol. The van der Waals surface area contributed by atoms with Crippen LogP contribution in [0.25, 0.3) is 11.0 Å². The lowest BCUT2D eigenvalue weighted by Crippen LogP contribution is -2.44. The maximum atomic E-state index is 13.2. The van der Waals surface area contributed by atoms with Gasteiger partial charge in [0.05, 0.1) is 19.2 Å². The number of pyridine rings is 1. The lowest BCUT2D eigenvalue weighted by atomic mass is 10.1. The van der Waals surface area contributed by atoms with Gasteiger partial charge in [-0.25, -0.2) is 9.78 Å². The van der Waals surface area contributed by atoms with E-state index >= 15 is 0 Å². The first-order valence-corrected chi connectivity index (χ1v) is 10.2. The van der Waals surface area contributed by atoms with Gasteiger partial charge < -0.3 is 24.5 Å². The van der Waals surface area contributed by atoms with Gasteiger partial charge in [-0.2, -0.15) is 0 Å². The van der Waals surface area contributed by atoms with Crippen LogP contribution in [0.2, 0.25) is 5.02 Å². The van der Waals surface area contributed by atoms with Crippen molar-refractivity contribution >= 4 is 34.6 Å². The topological polar surface area (TPSA) is 95.4 Å². The second-order valence-electron chi connectivity index (χ2n) is 7.56. The molecule has 0 radical (unpaired) electrons. The van der Waals surface area contributed by atoms with Gasteiger partial charge in [0.1, 0.15) is 11.2 Å². The molecule has 30 heavy (non-hydrogen) atoms. The number of halogens is 1. The lowest BCUT2D eigenvalue weighted by Gasteiger charge is -2.32. The van der Waals surface area contributed by atoms with Gasteiger partial charge in [-0.3, -0.25) is 4.79 Å². The third-order valence-electron chi connectivity index (χ3n) is 5.54. The number of fused-ring (bicyclic) bond motifs is 1. The summed E-state index contributed by atoms with van der Waals surface area (Å²) in [5, 5.41) is 0.614. The highest BCUT2D eigenvalue weighted by molar-refractivity contribution is 6.31. The minimum atomic E-state index is -0.585. The van der Waals surface area contributed by atoms with Crippen molar-refractivity contribution in [3.05, 3.63) is 57.0 Å². The first-order valence-electron chi connectivity index (χ1n) is 9.83. The third-order valence-corrected chi connectivity index (χ3v) is 5.91. The zero-order chi connectivity index (χ0) is 21.4. The smallest absolute Gasteiger partial charge is 0.354 e. The summed E-state index contributed by atoms with van der Waals surface area (Å²) in [5.41, 5.74) is 7.76. The van der Waals surface area contributed by atoms with Crippen molar-refractivity contribution in [3.8, 4) is 0 Å². The fourth-order valence-electron chi connectivity index (χ4n) is 3.96. The number of carbonyl (C=O) groups excluding carboxylic acids is 1. The Bertz CT molecular complexity index is 1170. The summed E-state index contributed by atoms with van der Waals surface area (Å²) < 4.78 is 7.99. The van der Waals surface area contributed by atoms with Crippen LogP contribution in [0.5, 0.6) is 0 Å². The fourth-order valence-corrected chi connectivity index (χ4v) is 4.16. The van der Waals surface area contributed by atoms with Crippen LogP contribution in [0.15, 0.2) is 35.1 Å². The number of nitrogens with two attached hydrogens (primary N) is 1. The molecule has 0 amide bonds. The standard InChI is InChI=1S/C21H24ClN5O3/c1-25-17(20(29)30-2)10-16-18(19(25)28)27(11-13-6-3-4-8-15(13)22)21(24-16)26-9-5-7-14(23)12-26/h3-4,6,8,10,14H,5,7,9,11-12,23H2,1-2H3/t14-/m1/s1. The zero-order valence-corrected chi connectivity index (χ0v) is 17.7. The van der Waals surface area contributed by atoms with Gasteiger partial charge in [0.2, 0.25) is 5.95 Å². The molecule has 0 bridgehead atoms. The summed E-state index contributed by atoms with van der Waals surface area (Å²) >= 11 is 6.40. The van der Waals surface area contributed by atoms with Gasteiger partial charge in [-0.1, -0.05) is 29.8 Å². The molecule has 0 unspecified atom stereocenters. The molecule has 3 aromatic rings. The van der Waals surface area contributed by atoms with E-state index in [2.05, 4.69) is 4.90 Å². The predicted octanol–water partition coefficient (Wildman–Crippen LogP) is 2.15. The van der Waals surface area contributed by atoms with Crippen molar-refractivity contribution in [3.63, 3.8) is 0 Å². The van der Waals surface area contributed by atoms with Crippen molar-refractivity contribution in [1.82, 2.24) is 14.1 Å². The van der Waals surface area contributed by atoms with Gasteiger partial charge >= 0.3 is 5.97 Å². The Morgan fingerprint density at radius 3 is 2.83 bits per heavy atom. The number of aromatic nitrogens is 3. The van der Waals surface area contributed by atoms with E-state index in [9.17, 15) is 9.59 Å². The van der Waals surface area contributed by atoms with Crippen LogP contribution < -0.4 is 16.2 Å². The number of rotatable bonds is 4. The molecule has 1 aromatic carbocycles. The molecule has 1 fully saturated rings. The largest absolute Gasteiger partial charge is 0.464 e. The van der Waals surface area contributed by atoms with E-state index in [4.69, 9.17) is 27.1 Å². The predicted molar refractivity (Wildman–Crippen MR) is 116 cm³/mol. The molecule has 8 nitrogen and oxygen atoms in total. The number of nitrogens with zero attached hydrogens (tertiary/aromatic N) is 4. The number of esters is 1. The molecule has 158 valence electrons. The van der Waals surface area contributed by atoms with Crippen molar-refractivity contribution in [2.75, 3.05) is 25.1 Å². The van der Waals surface area contributed by atoms with Crippen molar-refractivity contribution < 1.29 is 9.53 Å². The van der Waals surface area contributed by atoms with Gasteiger partial charge in [-0.15, -0.1) is 0 Å². The van der Waals surface area contributed by atoms with Crippen molar-refractivity contribution in [2.24, 2.45) is 12.8 Å². The Balaban J connectivity index is 1.94. The van der Waals surface area contributed by atoms with Crippen molar-refractivity contribution in [2.45, 2.75) is 25.4 Å². The molecular weight excluding hydrogens is 406 g/mol. The van der Waals surface area contributed by atoms with Gasteiger partial charge in [-0.05, 0) is 30.5 Å². The van der Waals surface area contributed by atoms with E-state index in [-0.39, 0.29) is 17.3 Å². The molecule has 1 saturated heterocycles. The first-order chi connectivity index (χ1) is 14.4. The van der Waals surface area contributed by atoms with Crippen LogP contribution in [0.1, 0.15) is 28.9 Å². The van der Waals surface area contributed by atoms with Crippen LogP contribution in [0.4, 0.5) is 5.95 Å². The second kappa shape index (κ2) is 8.12. The van der Waals surface area contributed by atoms with Gasteiger partial charge in [0.15, 0.2) is 0 Å². The summed E-state index contributed by atoms with van der Waals surface area (Å²) in [5.74, 6) is 0.0675. The summed E-state index contributed by atoms with van der Waals surface area (Å²) in [6, 6.07) is 9.15. The average molecular weight is 430 g/mol. The quantitative estimate of drug-likeness (QED) is 0.638. The number of methoxy groups -OCH3 is 1. The summed E-state index contributed by atoms with van der Waals surface area (Å²) in [6.45, 7) is 1.82. The summed E-state index contributed by atoms with van der Waals surface area (Å²) in [4.78, 5) is 32.2. The van der Waals surface area contributed by atoms with Crippen LogP contribution >= 0.6 is 11.6 Å². The first kappa shape index (κ1) is 20.4. The zero-order valence-electron chi connectivity index (χ0n) is 17.0. The maximum absolute atomic E-state index is 13.2. The molecule has 1 atom stereocenters. The number of carbonyl (C=O) groups is 1. The number of ether oxygens (including phenoxy) is 1. The Hall–Kier alpha value is -2.84. The fraction of sp³-hybridized carbons (Fsp3) is 0.381. The highest BCUT2D eigenvalue weighted by Crippen LogP contribution is 2.27. The molecule has 0 aliphatic carbocycles. The number of piperidine rings is 1. The SMILES string of the molecule is COC(=O)c1cc2nc(N3CCC[C@@H](N)C3)n(Cc3ccccc3Cl)c2c(=O)n1C. The van der Waals surface area contributed by atoms with E-state index in [1.807, 2.05) is 28.8 Å². The van der Waals surface area contributed by atoms with Crippen LogP contribution in [0.3, 0.4) is 0 Å². The maximum Gasteiger partial charge on any atom is 0.354 e. The summed E-state index contributed by atoms with van der Waals surface area (Å²) in [7, 11) is 2.84. The van der Waals surface area contributed by atoms with E-state index in [1.54, 1.807) is 13.1 Å². The lowest BCUT2D eigenvalue weighted by molar-refractivity contribution is 0.0588. The van der Waals surface area contributed by atoms with E-state index in [0.29, 0.717) is 35.1 Å². The number of hydrogen-bond acceptors (Lipinski definition) is 6. The molecule has 1 aliphatic rings. The number of anilines is 1. The average Bonchev–Trinajstić information content (AvgIpc) is 3.10.